The van der Waals surface area contributed by atoms with Crippen molar-refractivity contribution in [1.82, 2.24) is 14.5 Å². The summed E-state index contributed by atoms with van der Waals surface area (Å²) in [7, 11) is 0. The van der Waals surface area contributed by atoms with E-state index in [1.165, 1.54) is 59.4 Å². The van der Waals surface area contributed by atoms with Gasteiger partial charge in [-0.05, 0) is 136 Å². The van der Waals surface area contributed by atoms with Gasteiger partial charge in [0.2, 0.25) is 0 Å². The molecule has 0 aliphatic heterocycles. The lowest BCUT2D eigenvalue weighted by Crippen LogP contribution is -1.98. The minimum atomic E-state index is 0.884. The van der Waals surface area contributed by atoms with E-state index in [2.05, 4.69) is 265 Å². The van der Waals surface area contributed by atoms with Crippen LogP contribution in [-0.2, 0) is 0 Å². The van der Waals surface area contributed by atoms with E-state index < -0.39 is 0 Å². The Kier molecular flexibility index (Phi) is 9.53. The third-order valence-electron chi connectivity index (χ3n) is 14.3. The Morgan fingerprint density at radius 2 is 0.775 bits per heavy atom. The van der Waals surface area contributed by atoms with Gasteiger partial charge in [-0.1, -0.05) is 206 Å². The summed E-state index contributed by atoms with van der Waals surface area (Å²) in [6.07, 6.45) is 0. The standard InChI is InChI=1S/C68H43N3/c1-3-17-44(18-4-1)52-40-62(46-20-5-2-6-21-46)67-66(43-52)71(68(70-67)51-32-31-45-19-7-8-22-48(45)37-51)54-35-33-47(34-36-54)64-41-53(61-38-49-23-9-11-25-55(49)57-27-13-15-29-59(57)61)42-65(69-64)63-39-50-24-10-12-26-56(50)58-28-14-16-30-60(58)63/h1-43H. The topological polar surface area (TPSA) is 30.7 Å². The molecule has 14 rings (SSSR count). The molecule has 0 N–H and O–H groups in total. The molecule has 0 unspecified atom stereocenters. The molecule has 0 aliphatic rings. The van der Waals surface area contributed by atoms with Gasteiger partial charge in [-0.3, -0.25) is 4.57 Å². The van der Waals surface area contributed by atoms with E-state index in [0.29, 0.717) is 0 Å². The molecule has 0 bridgehead atoms. The maximum atomic E-state index is 5.61. The van der Waals surface area contributed by atoms with E-state index in [9.17, 15) is 0 Å². The fourth-order valence-corrected chi connectivity index (χ4v) is 10.9. The van der Waals surface area contributed by atoms with Gasteiger partial charge in [-0.25, -0.2) is 9.97 Å². The smallest absolute Gasteiger partial charge is 0.145 e. The summed E-state index contributed by atoms with van der Waals surface area (Å²) in [5, 5.41) is 12.1. The highest BCUT2D eigenvalue weighted by molar-refractivity contribution is 6.16. The maximum absolute atomic E-state index is 5.61. The zero-order chi connectivity index (χ0) is 46.8. The lowest BCUT2D eigenvalue weighted by molar-refractivity contribution is 1.10. The molecule has 330 valence electrons. The van der Waals surface area contributed by atoms with E-state index in [-0.39, 0.29) is 0 Å². The van der Waals surface area contributed by atoms with Crippen molar-refractivity contribution in [2.75, 3.05) is 0 Å². The second-order valence-electron chi connectivity index (χ2n) is 18.5. The first kappa shape index (κ1) is 40.6. The summed E-state index contributed by atoms with van der Waals surface area (Å²) >= 11 is 0. The first-order valence-electron chi connectivity index (χ1n) is 24.3. The maximum Gasteiger partial charge on any atom is 0.145 e. The van der Waals surface area contributed by atoms with Crippen LogP contribution >= 0.6 is 0 Å². The van der Waals surface area contributed by atoms with Crippen LogP contribution in [0.3, 0.4) is 0 Å². The molecule has 3 nitrogen and oxygen atoms in total. The summed E-state index contributed by atoms with van der Waals surface area (Å²) in [5.74, 6) is 0.884. The van der Waals surface area contributed by atoms with Gasteiger partial charge < -0.3 is 0 Å². The number of aromatic nitrogens is 3. The second kappa shape index (κ2) is 16.7. The average Bonchev–Trinajstić information content (AvgIpc) is 3.84. The third-order valence-corrected chi connectivity index (χ3v) is 14.3. The minimum Gasteiger partial charge on any atom is -0.292 e. The van der Waals surface area contributed by atoms with Gasteiger partial charge in [0, 0.05) is 27.9 Å². The van der Waals surface area contributed by atoms with Crippen molar-refractivity contribution < 1.29 is 0 Å². The molecule has 12 aromatic carbocycles. The summed E-state index contributed by atoms with van der Waals surface area (Å²) in [6.45, 7) is 0. The highest BCUT2D eigenvalue weighted by atomic mass is 15.1. The van der Waals surface area contributed by atoms with Gasteiger partial charge in [0.25, 0.3) is 0 Å². The SMILES string of the molecule is c1ccc(-c2cc(-c3ccccc3)c3nc(-c4ccc5ccccc5c4)n(-c4ccc(-c5cc(-c6cc7ccccc7c7ccccc67)cc(-c6cc7ccccc7c7ccccc67)n5)cc4)c3c2)cc1. The Labute approximate surface area is 411 Å². The zero-order valence-corrected chi connectivity index (χ0v) is 38.7. The number of fused-ring (bicyclic) bond motifs is 8. The van der Waals surface area contributed by atoms with Crippen LogP contribution in [-0.4, -0.2) is 14.5 Å². The van der Waals surface area contributed by atoms with Gasteiger partial charge in [-0.15, -0.1) is 0 Å². The Bertz CT molecular complexity index is 4240. The van der Waals surface area contributed by atoms with E-state index >= 15 is 0 Å². The Morgan fingerprint density at radius 1 is 0.254 bits per heavy atom. The number of benzene rings is 12. The molecule has 0 atom stereocenters. The summed E-state index contributed by atoms with van der Waals surface area (Å²) in [6, 6.07) is 94.3. The lowest BCUT2D eigenvalue weighted by atomic mass is 9.91. The number of pyridine rings is 1. The number of rotatable bonds is 7. The Hall–Kier alpha value is -9.44. The van der Waals surface area contributed by atoms with Crippen LogP contribution in [0.2, 0.25) is 0 Å². The average molecular weight is 902 g/mol. The van der Waals surface area contributed by atoms with E-state index in [4.69, 9.17) is 9.97 Å². The fourth-order valence-electron chi connectivity index (χ4n) is 10.9. The van der Waals surface area contributed by atoms with Crippen LogP contribution in [0.4, 0.5) is 0 Å². The Morgan fingerprint density at radius 3 is 1.45 bits per heavy atom. The van der Waals surface area contributed by atoms with Gasteiger partial charge in [-0.2, -0.15) is 0 Å². The number of imidazole rings is 1. The molecule has 14 aromatic rings. The highest BCUT2D eigenvalue weighted by Crippen LogP contribution is 2.42. The van der Waals surface area contributed by atoms with Crippen LogP contribution in [0.1, 0.15) is 0 Å². The predicted molar refractivity (Wildman–Crippen MR) is 299 cm³/mol. The van der Waals surface area contributed by atoms with Gasteiger partial charge in [0.1, 0.15) is 5.82 Å². The minimum absolute atomic E-state index is 0.884. The molecular formula is C68H43N3. The van der Waals surface area contributed by atoms with Gasteiger partial charge >= 0.3 is 0 Å². The summed E-state index contributed by atoms with van der Waals surface area (Å²) < 4.78 is 2.35. The van der Waals surface area contributed by atoms with Crippen molar-refractivity contribution in [1.29, 1.82) is 0 Å². The highest BCUT2D eigenvalue weighted by Gasteiger charge is 2.21. The van der Waals surface area contributed by atoms with Crippen molar-refractivity contribution in [3.63, 3.8) is 0 Å². The number of nitrogens with zero attached hydrogens (tertiary/aromatic N) is 3. The third kappa shape index (κ3) is 6.97. The van der Waals surface area contributed by atoms with Crippen LogP contribution in [0.15, 0.2) is 261 Å². The van der Waals surface area contributed by atoms with Crippen LogP contribution in [0.25, 0.3) is 138 Å². The van der Waals surface area contributed by atoms with Crippen molar-refractivity contribution >= 4 is 64.9 Å². The molecule has 0 amide bonds. The molecule has 0 spiro atoms. The largest absolute Gasteiger partial charge is 0.292 e. The molecule has 0 fully saturated rings. The normalized spacial score (nSPS) is 11.7. The van der Waals surface area contributed by atoms with Crippen molar-refractivity contribution in [3.05, 3.63) is 261 Å². The number of hydrogen-bond donors (Lipinski definition) is 0. The van der Waals surface area contributed by atoms with E-state index in [1.807, 2.05) is 0 Å². The quantitative estimate of drug-likeness (QED) is 0.149. The monoisotopic (exact) mass is 901 g/mol. The molecule has 2 heterocycles. The van der Waals surface area contributed by atoms with Crippen LogP contribution < -0.4 is 0 Å². The van der Waals surface area contributed by atoms with Crippen LogP contribution in [0, 0.1) is 0 Å². The molecule has 2 aromatic heterocycles. The van der Waals surface area contributed by atoms with Crippen LogP contribution in [0.5, 0.6) is 0 Å². The number of hydrogen-bond acceptors (Lipinski definition) is 2. The van der Waals surface area contributed by atoms with Gasteiger partial charge in [0.05, 0.1) is 22.4 Å². The molecule has 0 radical (unpaired) electrons. The molecular weight excluding hydrogens is 859 g/mol. The van der Waals surface area contributed by atoms with E-state index in [0.717, 1.165) is 78.4 Å². The molecule has 0 aliphatic carbocycles. The zero-order valence-electron chi connectivity index (χ0n) is 38.7. The molecule has 0 saturated carbocycles. The molecule has 0 saturated heterocycles. The lowest BCUT2D eigenvalue weighted by Gasteiger charge is -2.16. The molecule has 3 heteroatoms. The van der Waals surface area contributed by atoms with Crippen molar-refractivity contribution in [2.24, 2.45) is 0 Å². The van der Waals surface area contributed by atoms with E-state index in [1.54, 1.807) is 0 Å². The van der Waals surface area contributed by atoms with Crippen molar-refractivity contribution in [3.8, 4) is 73.0 Å². The Balaban J connectivity index is 1.000. The first-order valence-corrected chi connectivity index (χ1v) is 24.3. The fraction of sp³-hybridized carbons (Fsp3) is 0. The summed E-state index contributed by atoms with van der Waals surface area (Å²) in [4.78, 5) is 11.2. The second-order valence-corrected chi connectivity index (χ2v) is 18.5. The first-order chi connectivity index (χ1) is 35.2. The summed E-state index contributed by atoms with van der Waals surface area (Å²) in [5.41, 5.74) is 14.8. The van der Waals surface area contributed by atoms with Gasteiger partial charge in [0.15, 0.2) is 0 Å². The van der Waals surface area contributed by atoms with Crippen molar-refractivity contribution in [2.45, 2.75) is 0 Å². The predicted octanol–water partition coefficient (Wildman–Crippen LogP) is 18.2. The molecule has 71 heavy (non-hydrogen) atoms.